The first-order valence-electron chi connectivity index (χ1n) is 14.4. The van der Waals surface area contributed by atoms with Crippen LogP contribution >= 0.6 is 0 Å². The van der Waals surface area contributed by atoms with E-state index < -0.39 is 72.6 Å². The Bertz CT molecular complexity index is 987. The predicted octanol–water partition coefficient (Wildman–Crippen LogP) is 0.612. The average molecular weight is 571 g/mol. The minimum atomic E-state index is -1.59. The van der Waals surface area contributed by atoms with E-state index in [0.717, 1.165) is 0 Å². The van der Waals surface area contributed by atoms with Gasteiger partial charge in [0.2, 0.25) is 5.78 Å². The van der Waals surface area contributed by atoms with Crippen molar-refractivity contribution in [1.82, 2.24) is 0 Å². The van der Waals surface area contributed by atoms with Gasteiger partial charge in [-0.3, -0.25) is 4.79 Å². The van der Waals surface area contributed by atoms with Gasteiger partial charge in [0.25, 0.3) is 0 Å². The average Bonchev–Trinajstić information content (AvgIpc) is 2.93. The van der Waals surface area contributed by atoms with Crippen LogP contribution in [-0.2, 0) is 33.2 Å². The van der Waals surface area contributed by atoms with Gasteiger partial charge in [-0.2, -0.15) is 0 Å². The first-order chi connectivity index (χ1) is 18.9. The maximum Gasteiger partial charge on any atom is 0.203 e. The zero-order valence-electron chi connectivity index (χ0n) is 24.4. The third-order valence-corrected chi connectivity index (χ3v) is 11.3. The second kappa shape index (κ2) is 10.8. The molecule has 16 atom stereocenters. The van der Waals surface area contributed by atoms with Crippen LogP contribution in [0.5, 0.6) is 0 Å². The van der Waals surface area contributed by atoms with Gasteiger partial charge in [0, 0.05) is 37.4 Å². The number of carbonyl (C=O) groups excluding carboxylic acids is 1. The molecule has 0 aromatic heterocycles. The molecule has 5 rings (SSSR count). The van der Waals surface area contributed by atoms with Gasteiger partial charge in [-0.1, -0.05) is 27.7 Å². The van der Waals surface area contributed by atoms with Crippen LogP contribution in [0.4, 0.5) is 0 Å². The Balaban J connectivity index is 1.65. The molecule has 2 unspecified atom stereocenters. The van der Waals surface area contributed by atoms with Crippen molar-refractivity contribution in [3.8, 4) is 0 Å². The summed E-state index contributed by atoms with van der Waals surface area (Å²) in [4.78, 5) is 14.3. The molecule has 0 spiro atoms. The van der Waals surface area contributed by atoms with Crippen LogP contribution in [0.1, 0.15) is 40.5 Å². The Hall–Kier alpha value is -1.15. The molecule has 11 heteroatoms. The Morgan fingerprint density at radius 2 is 1.65 bits per heavy atom. The van der Waals surface area contributed by atoms with Crippen LogP contribution in [-0.4, -0.2) is 109 Å². The quantitative estimate of drug-likeness (QED) is 0.355. The summed E-state index contributed by atoms with van der Waals surface area (Å²) < 4.78 is 36.4. The van der Waals surface area contributed by atoms with Gasteiger partial charge in [0.1, 0.15) is 24.4 Å². The number of ketones is 1. The monoisotopic (exact) mass is 570 g/mol. The van der Waals surface area contributed by atoms with E-state index in [1.54, 1.807) is 14.2 Å². The van der Waals surface area contributed by atoms with Crippen molar-refractivity contribution in [2.24, 2.45) is 40.4 Å². The molecule has 2 aliphatic heterocycles. The molecule has 40 heavy (non-hydrogen) atoms. The Morgan fingerprint density at radius 1 is 0.950 bits per heavy atom. The summed E-state index contributed by atoms with van der Waals surface area (Å²) in [6.07, 6.45) is -5.97. The molecule has 4 N–H and O–H groups in total. The van der Waals surface area contributed by atoms with Gasteiger partial charge in [-0.15, -0.1) is 0 Å². The molecule has 0 radical (unpaired) electrons. The number of methoxy groups -OCH3 is 3. The lowest BCUT2D eigenvalue weighted by atomic mass is 9.38. The van der Waals surface area contributed by atoms with E-state index in [1.807, 2.05) is 13.0 Å². The summed E-state index contributed by atoms with van der Waals surface area (Å²) in [6, 6.07) is 0. The van der Waals surface area contributed by atoms with Gasteiger partial charge < -0.3 is 48.8 Å². The summed E-state index contributed by atoms with van der Waals surface area (Å²) in [5.41, 5.74) is -1.50. The van der Waals surface area contributed by atoms with Crippen LogP contribution in [0, 0.1) is 40.4 Å². The number of carbonyl (C=O) groups is 1. The highest BCUT2D eigenvalue weighted by molar-refractivity contribution is 5.99. The molecule has 11 nitrogen and oxygen atoms in total. The van der Waals surface area contributed by atoms with Gasteiger partial charge in [-0.25, -0.2) is 0 Å². The van der Waals surface area contributed by atoms with Gasteiger partial charge in [0.15, 0.2) is 18.3 Å². The second-order valence-corrected chi connectivity index (χ2v) is 12.9. The van der Waals surface area contributed by atoms with Crippen molar-refractivity contribution in [3.63, 3.8) is 0 Å². The second-order valence-electron chi connectivity index (χ2n) is 12.9. The van der Waals surface area contributed by atoms with E-state index in [4.69, 9.17) is 28.4 Å². The highest BCUT2D eigenvalue weighted by Crippen LogP contribution is 2.69. The van der Waals surface area contributed by atoms with Crippen molar-refractivity contribution in [1.29, 1.82) is 0 Å². The standard InChI is InChI=1S/C29H46O11/c1-12-8-16(35-5)26(34)29(4)14(12)9-18-28(3)15(10-19(36-6)39-18)13(2)23(37-7)24(25(28)29)40-27-22(33)21(32)20(31)17(11-30)38-27/h8,12-15,17-25,27,30-33H,9-11H2,1-7H3/t12-,13?,14+,15+,17-,18-,19-,20-,21+,22-,23?,24-,25+,27+,28-,29+/m1/s1. The third-order valence-electron chi connectivity index (χ3n) is 11.3. The predicted molar refractivity (Wildman–Crippen MR) is 139 cm³/mol. The summed E-state index contributed by atoms with van der Waals surface area (Å²) >= 11 is 0. The summed E-state index contributed by atoms with van der Waals surface area (Å²) in [6.45, 7) is 7.75. The van der Waals surface area contributed by atoms with E-state index in [0.29, 0.717) is 18.6 Å². The topological polar surface area (TPSA) is 153 Å². The molecule has 2 heterocycles. The van der Waals surface area contributed by atoms with Crippen LogP contribution in [0.2, 0.25) is 0 Å². The summed E-state index contributed by atoms with van der Waals surface area (Å²) in [7, 11) is 4.75. The van der Waals surface area contributed by atoms with E-state index in [9.17, 15) is 25.2 Å². The molecule has 0 aromatic rings. The fourth-order valence-electron chi connectivity index (χ4n) is 9.29. The largest absolute Gasteiger partial charge is 0.493 e. The summed E-state index contributed by atoms with van der Waals surface area (Å²) in [5.74, 6) is -0.366. The van der Waals surface area contributed by atoms with Crippen molar-refractivity contribution in [2.75, 3.05) is 27.9 Å². The van der Waals surface area contributed by atoms with Crippen LogP contribution < -0.4 is 0 Å². The number of allylic oxidation sites excluding steroid dienone is 2. The van der Waals surface area contributed by atoms with E-state index in [1.165, 1.54) is 7.11 Å². The number of ether oxygens (including phenoxy) is 6. The zero-order valence-corrected chi connectivity index (χ0v) is 24.4. The van der Waals surface area contributed by atoms with Crippen LogP contribution in [0.3, 0.4) is 0 Å². The molecule has 0 bridgehead atoms. The molecule has 4 fully saturated rings. The number of aliphatic hydroxyl groups excluding tert-OH is 4. The normalized spacial score (nSPS) is 54.3. The van der Waals surface area contributed by atoms with E-state index >= 15 is 0 Å². The number of aliphatic hydroxyl groups is 4. The Morgan fingerprint density at radius 3 is 2.25 bits per heavy atom. The fraction of sp³-hybridized carbons (Fsp3) is 0.897. The highest BCUT2D eigenvalue weighted by atomic mass is 16.7. The lowest BCUT2D eigenvalue weighted by molar-refractivity contribution is -0.369. The van der Waals surface area contributed by atoms with Crippen molar-refractivity contribution in [2.45, 2.75) is 95.8 Å². The van der Waals surface area contributed by atoms with Gasteiger partial charge in [0.05, 0.1) is 32.0 Å². The number of hydrogen-bond donors (Lipinski definition) is 4. The number of hydrogen-bond acceptors (Lipinski definition) is 11. The van der Waals surface area contributed by atoms with E-state index in [2.05, 4.69) is 20.8 Å². The first kappa shape index (κ1) is 30.3. The first-order valence-corrected chi connectivity index (χ1v) is 14.4. The zero-order chi connectivity index (χ0) is 29.3. The molecule has 3 aliphatic carbocycles. The number of rotatable bonds is 6. The molecule has 2 saturated heterocycles. The van der Waals surface area contributed by atoms with Crippen molar-refractivity contribution >= 4 is 5.78 Å². The highest BCUT2D eigenvalue weighted by Gasteiger charge is 2.73. The molecule has 0 aromatic carbocycles. The van der Waals surface area contributed by atoms with Crippen LogP contribution in [0.25, 0.3) is 0 Å². The number of Topliss-reactive ketones (excluding diaryl/α,β-unsaturated/α-hetero) is 1. The smallest absolute Gasteiger partial charge is 0.203 e. The molecule has 2 saturated carbocycles. The lowest BCUT2D eigenvalue weighted by Gasteiger charge is -2.70. The SMILES string of the molecule is COC1=C[C@@H](C)[C@@H]2C[C@H]3O[C@@H](OC)C[C@H]4C(C)C(OC)[C@@H](O[C@@H]5O[C@H](CO)[C@@H](O)[C@H](O)[C@H]5O)[C@H]([C@@]2(C)C1=O)[C@@]34C. The minimum Gasteiger partial charge on any atom is -0.493 e. The maximum absolute atomic E-state index is 14.3. The molecular weight excluding hydrogens is 524 g/mol. The van der Waals surface area contributed by atoms with E-state index in [-0.39, 0.29) is 35.6 Å². The Kier molecular flexibility index (Phi) is 8.22. The van der Waals surface area contributed by atoms with Crippen LogP contribution in [0.15, 0.2) is 11.8 Å². The molecular formula is C29H46O11. The molecule has 228 valence electrons. The summed E-state index contributed by atoms with van der Waals surface area (Å²) in [5, 5.41) is 41.6. The Labute approximate surface area is 235 Å². The van der Waals surface area contributed by atoms with Gasteiger partial charge >= 0.3 is 0 Å². The maximum atomic E-state index is 14.3. The van der Waals surface area contributed by atoms with Gasteiger partial charge in [-0.05, 0) is 36.2 Å². The number of fused-ring (bicyclic) bond motifs is 2. The van der Waals surface area contributed by atoms with Crippen molar-refractivity contribution in [3.05, 3.63) is 11.8 Å². The minimum absolute atomic E-state index is 0.000394. The fourth-order valence-corrected chi connectivity index (χ4v) is 9.29. The molecule has 5 aliphatic rings. The third kappa shape index (κ3) is 4.15. The lowest BCUT2D eigenvalue weighted by Crippen LogP contribution is -2.75. The molecule has 0 amide bonds. The van der Waals surface area contributed by atoms with Crippen molar-refractivity contribution < 1.29 is 53.6 Å².